The van der Waals surface area contributed by atoms with Gasteiger partial charge in [-0.2, -0.15) is 4.31 Å². The first-order chi connectivity index (χ1) is 10.7. The maximum Gasteiger partial charge on any atom is 0.292 e. The van der Waals surface area contributed by atoms with E-state index < -0.39 is 14.9 Å². The number of hydrogen-bond donors (Lipinski definition) is 1. The number of piperazine rings is 1. The molecule has 0 spiro atoms. The van der Waals surface area contributed by atoms with Crippen LogP contribution < -0.4 is 10.2 Å². The second-order valence-corrected chi connectivity index (χ2v) is 7.89. The molecule has 0 atom stereocenters. The van der Waals surface area contributed by atoms with Crippen molar-refractivity contribution in [2.75, 3.05) is 42.7 Å². The van der Waals surface area contributed by atoms with E-state index in [-0.39, 0.29) is 11.7 Å². The molecule has 0 unspecified atom stereocenters. The van der Waals surface area contributed by atoms with Crippen LogP contribution in [0.15, 0.2) is 18.2 Å². The minimum Gasteiger partial charge on any atom is -0.377 e. The third-order valence-corrected chi connectivity index (χ3v) is 5.00. The van der Waals surface area contributed by atoms with Crippen molar-refractivity contribution in [2.45, 2.75) is 19.9 Å². The molecule has 23 heavy (non-hydrogen) atoms. The lowest BCUT2D eigenvalue weighted by Gasteiger charge is -2.34. The Morgan fingerprint density at radius 2 is 1.83 bits per heavy atom. The Morgan fingerprint density at radius 1 is 1.22 bits per heavy atom. The second-order valence-electron chi connectivity index (χ2n) is 5.91. The minimum absolute atomic E-state index is 0.0391. The quantitative estimate of drug-likeness (QED) is 0.643. The number of anilines is 2. The fourth-order valence-electron chi connectivity index (χ4n) is 2.58. The van der Waals surface area contributed by atoms with Crippen LogP contribution in [0.3, 0.4) is 0 Å². The number of sulfonamides is 1. The summed E-state index contributed by atoms with van der Waals surface area (Å²) in [6.07, 6.45) is 1.21. The molecule has 1 saturated heterocycles. The molecule has 1 aliphatic heterocycles. The summed E-state index contributed by atoms with van der Waals surface area (Å²) in [6, 6.07) is 5.03. The highest BCUT2D eigenvalue weighted by molar-refractivity contribution is 7.88. The maximum atomic E-state index is 11.5. The van der Waals surface area contributed by atoms with Crippen molar-refractivity contribution in [3.05, 3.63) is 28.3 Å². The number of nitro benzene ring substituents is 1. The first kappa shape index (κ1) is 17.5. The summed E-state index contributed by atoms with van der Waals surface area (Å²) in [5.74, 6) is 0. The lowest BCUT2D eigenvalue weighted by molar-refractivity contribution is -0.384. The summed E-state index contributed by atoms with van der Waals surface area (Å²) in [5.41, 5.74) is 1.37. The van der Waals surface area contributed by atoms with Crippen LogP contribution in [0.1, 0.15) is 13.8 Å². The van der Waals surface area contributed by atoms with E-state index in [1.807, 2.05) is 18.7 Å². The highest BCUT2D eigenvalue weighted by Crippen LogP contribution is 2.30. The molecule has 0 aliphatic carbocycles. The molecule has 1 fully saturated rings. The van der Waals surface area contributed by atoms with E-state index >= 15 is 0 Å². The van der Waals surface area contributed by atoms with E-state index in [2.05, 4.69) is 5.32 Å². The standard InChI is InChI=1S/C14H22N4O4S/c1-11(2)15-13-10-12(4-5-14(13)18(19)20)16-6-8-17(9-7-16)23(3,21)22/h4-5,10-11,15H,6-9H2,1-3H3. The maximum absolute atomic E-state index is 11.5. The van der Waals surface area contributed by atoms with Crippen LogP contribution in [0.2, 0.25) is 0 Å². The van der Waals surface area contributed by atoms with E-state index in [9.17, 15) is 18.5 Å². The summed E-state index contributed by atoms with van der Waals surface area (Å²) in [4.78, 5) is 12.8. The van der Waals surface area contributed by atoms with Crippen LogP contribution in [0.5, 0.6) is 0 Å². The molecule has 0 radical (unpaired) electrons. The predicted octanol–water partition coefficient (Wildman–Crippen LogP) is 1.50. The van der Waals surface area contributed by atoms with Crippen molar-refractivity contribution in [3.8, 4) is 0 Å². The minimum atomic E-state index is -3.17. The van der Waals surface area contributed by atoms with E-state index in [1.54, 1.807) is 12.1 Å². The molecule has 1 aromatic rings. The number of benzene rings is 1. The Balaban J connectivity index is 2.19. The van der Waals surface area contributed by atoms with E-state index in [0.29, 0.717) is 31.9 Å². The van der Waals surface area contributed by atoms with Crippen LogP contribution in [0.25, 0.3) is 0 Å². The summed E-state index contributed by atoms with van der Waals surface area (Å²) in [5, 5.41) is 14.2. The Kier molecular flexibility index (Phi) is 5.10. The van der Waals surface area contributed by atoms with E-state index in [0.717, 1.165) is 5.69 Å². The van der Waals surface area contributed by atoms with Crippen molar-refractivity contribution < 1.29 is 13.3 Å². The van der Waals surface area contributed by atoms with Gasteiger partial charge in [0.05, 0.1) is 11.2 Å². The first-order valence-electron chi connectivity index (χ1n) is 7.43. The molecule has 1 aromatic carbocycles. The molecule has 1 aliphatic rings. The van der Waals surface area contributed by atoms with Crippen LogP contribution in [-0.2, 0) is 10.0 Å². The third-order valence-electron chi connectivity index (χ3n) is 3.69. The fraction of sp³-hybridized carbons (Fsp3) is 0.571. The SMILES string of the molecule is CC(C)Nc1cc(N2CCN(S(C)(=O)=O)CC2)ccc1[N+](=O)[O-]. The molecule has 128 valence electrons. The molecule has 8 nitrogen and oxygen atoms in total. The van der Waals surface area contributed by atoms with Gasteiger partial charge in [-0.15, -0.1) is 0 Å². The monoisotopic (exact) mass is 342 g/mol. The molecule has 0 amide bonds. The van der Waals surface area contributed by atoms with Gasteiger partial charge in [0, 0.05) is 44.0 Å². The van der Waals surface area contributed by atoms with Gasteiger partial charge >= 0.3 is 0 Å². The zero-order valence-electron chi connectivity index (χ0n) is 13.5. The molecule has 1 N–H and O–H groups in total. The van der Waals surface area contributed by atoms with Crippen molar-refractivity contribution >= 4 is 27.1 Å². The lowest BCUT2D eigenvalue weighted by Crippen LogP contribution is -2.48. The molecule has 0 bridgehead atoms. The fourth-order valence-corrected chi connectivity index (χ4v) is 3.41. The van der Waals surface area contributed by atoms with Gasteiger partial charge in [0.25, 0.3) is 5.69 Å². The van der Waals surface area contributed by atoms with Crippen molar-refractivity contribution in [1.82, 2.24) is 4.31 Å². The number of nitro groups is 1. The Morgan fingerprint density at radius 3 is 2.30 bits per heavy atom. The van der Waals surface area contributed by atoms with Gasteiger partial charge in [-0.1, -0.05) is 0 Å². The lowest BCUT2D eigenvalue weighted by atomic mass is 10.2. The molecule has 9 heteroatoms. The zero-order chi connectivity index (χ0) is 17.2. The Bertz CT molecular complexity index is 682. The van der Waals surface area contributed by atoms with Crippen molar-refractivity contribution in [3.63, 3.8) is 0 Å². The highest BCUT2D eigenvalue weighted by Gasteiger charge is 2.24. The van der Waals surface area contributed by atoms with Gasteiger partial charge in [0.2, 0.25) is 10.0 Å². The van der Waals surface area contributed by atoms with Gasteiger partial charge in [-0.3, -0.25) is 10.1 Å². The topological polar surface area (TPSA) is 95.8 Å². The number of rotatable bonds is 5. The molecule has 0 saturated carbocycles. The van der Waals surface area contributed by atoms with Gasteiger partial charge in [0.1, 0.15) is 5.69 Å². The van der Waals surface area contributed by atoms with Gasteiger partial charge in [-0.25, -0.2) is 8.42 Å². The smallest absolute Gasteiger partial charge is 0.292 e. The summed E-state index contributed by atoms with van der Waals surface area (Å²) in [6.45, 7) is 5.80. The average Bonchev–Trinajstić information content (AvgIpc) is 2.45. The molecular formula is C14H22N4O4S. The molecule has 0 aromatic heterocycles. The Hall–Kier alpha value is -1.87. The normalized spacial score (nSPS) is 16.6. The summed E-state index contributed by atoms with van der Waals surface area (Å²) >= 11 is 0. The van der Waals surface area contributed by atoms with Crippen molar-refractivity contribution in [2.24, 2.45) is 0 Å². The van der Waals surface area contributed by atoms with Crippen LogP contribution in [-0.4, -0.2) is 56.1 Å². The molecular weight excluding hydrogens is 320 g/mol. The average molecular weight is 342 g/mol. The third kappa shape index (κ3) is 4.32. The largest absolute Gasteiger partial charge is 0.377 e. The number of nitrogens with zero attached hydrogens (tertiary/aromatic N) is 3. The summed E-state index contributed by atoms with van der Waals surface area (Å²) in [7, 11) is -3.17. The highest BCUT2D eigenvalue weighted by atomic mass is 32.2. The van der Waals surface area contributed by atoms with Gasteiger partial charge < -0.3 is 10.2 Å². The van der Waals surface area contributed by atoms with E-state index in [4.69, 9.17) is 0 Å². The van der Waals surface area contributed by atoms with Gasteiger partial charge in [-0.05, 0) is 26.0 Å². The predicted molar refractivity (Wildman–Crippen MR) is 90.5 cm³/mol. The Labute approximate surface area is 136 Å². The van der Waals surface area contributed by atoms with Gasteiger partial charge in [0.15, 0.2) is 0 Å². The number of nitrogens with one attached hydrogen (secondary N) is 1. The second kappa shape index (κ2) is 6.71. The first-order valence-corrected chi connectivity index (χ1v) is 9.28. The zero-order valence-corrected chi connectivity index (χ0v) is 14.3. The molecule has 2 rings (SSSR count). The summed E-state index contributed by atoms with van der Waals surface area (Å²) < 4.78 is 24.5. The van der Waals surface area contributed by atoms with Crippen LogP contribution in [0, 0.1) is 10.1 Å². The van der Waals surface area contributed by atoms with Crippen LogP contribution in [0.4, 0.5) is 17.1 Å². The van der Waals surface area contributed by atoms with E-state index in [1.165, 1.54) is 16.6 Å². The molecule has 1 heterocycles. The van der Waals surface area contributed by atoms with Crippen LogP contribution >= 0.6 is 0 Å². The van der Waals surface area contributed by atoms with Crippen molar-refractivity contribution in [1.29, 1.82) is 0 Å². The number of hydrogen-bond acceptors (Lipinski definition) is 6.